The topological polar surface area (TPSA) is 60.2 Å². The Morgan fingerprint density at radius 3 is 2.89 bits per heavy atom. The highest BCUT2D eigenvalue weighted by Gasteiger charge is 2.61. The highest BCUT2D eigenvalue weighted by Crippen LogP contribution is 2.54. The van der Waals surface area contributed by atoms with Crippen LogP contribution in [-0.4, -0.2) is 57.1 Å². The minimum absolute atomic E-state index is 0.00961. The molecule has 2 fully saturated rings. The van der Waals surface area contributed by atoms with Crippen LogP contribution >= 0.6 is 11.8 Å². The molecule has 1 aliphatic heterocycles. The van der Waals surface area contributed by atoms with Crippen LogP contribution in [0.4, 0.5) is 0 Å². The van der Waals surface area contributed by atoms with Crippen LogP contribution in [0.2, 0.25) is 0 Å². The molecule has 0 bridgehead atoms. The number of carbonyl (C=O) groups excluding carboxylic acids is 1. The fourth-order valence-electron chi connectivity index (χ4n) is 4.84. The van der Waals surface area contributed by atoms with Crippen LogP contribution in [0.1, 0.15) is 31.4 Å². The summed E-state index contributed by atoms with van der Waals surface area (Å²) >= 11 is 1.44. The monoisotopic (exact) mass is 400 g/mol. The number of amides is 1. The number of aryl methyl sites for hydroxylation is 2. The van der Waals surface area contributed by atoms with Gasteiger partial charge in [0.1, 0.15) is 6.33 Å². The van der Waals surface area contributed by atoms with E-state index in [1.165, 1.54) is 22.9 Å². The van der Waals surface area contributed by atoms with E-state index < -0.39 is 0 Å². The first kappa shape index (κ1) is 19.5. The van der Waals surface area contributed by atoms with Crippen molar-refractivity contribution in [1.82, 2.24) is 19.7 Å². The third kappa shape index (κ3) is 3.14. The maximum atomic E-state index is 12.9. The zero-order valence-electron chi connectivity index (χ0n) is 17.2. The summed E-state index contributed by atoms with van der Waals surface area (Å²) in [6, 6.07) is 6.51. The molecule has 1 saturated heterocycles. The van der Waals surface area contributed by atoms with Crippen molar-refractivity contribution in [2.75, 3.05) is 19.4 Å². The first-order chi connectivity index (χ1) is 13.3. The molecule has 1 saturated carbocycles. The molecule has 6 nitrogen and oxygen atoms in total. The molecular formula is C21H28N4O2S. The number of aromatic nitrogens is 3. The summed E-state index contributed by atoms with van der Waals surface area (Å²) in [6.45, 7) is 9.41. The molecule has 28 heavy (non-hydrogen) atoms. The lowest BCUT2D eigenvalue weighted by atomic mass is 9.57. The van der Waals surface area contributed by atoms with E-state index in [9.17, 15) is 4.79 Å². The van der Waals surface area contributed by atoms with Gasteiger partial charge in [0.25, 0.3) is 0 Å². The van der Waals surface area contributed by atoms with Crippen LogP contribution in [0, 0.1) is 25.2 Å². The third-order valence-electron chi connectivity index (χ3n) is 6.46. The van der Waals surface area contributed by atoms with Crippen LogP contribution in [-0.2, 0) is 9.53 Å². The fraction of sp³-hybridized carbons (Fsp3) is 0.571. The summed E-state index contributed by atoms with van der Waals surface area (Å²) in [6.07, 6.45) is 3.04. The Balaban J connectivity index is 1.43. The highest BCUT2D eigenvalue weighted by molar-refractivity contribution is 7.99. The molecular weight excluding hydrogens is 372 g/mol. The molecule has 3 atom stereocenters. The minimum atomic E-state index is 0.00961. The number of benzene rings is 1. The van der Waals surface area contributed by atoms with E-state index >= 15 is 0 Å². The Morgan fingerprint density at radius 1 is 1.36 bits per heavy atom. The van der Waals surface area contributed by atoms with E-state index in [2.05, 4.69) is 56.1 Å². The number of hydrogen-bond donors (Lipinski definition) is 0. The molecule has 1 amide bonds. The minimum Gasteiger partial charge on any atom is -0.377 e. The molecule has 0 radical (unpaired) electrons. The van der Waals surface area contributed by atoms with E-state index in [1.807, 2.05) is 16.5 Å². The second kappa shape index (κ2) is 7.19. The Labute approximate surface area is 170 Å². The smallest absolute Gasteiger partial charge is 0.233 e. The van der Waals surface area contributed by atoms with E-state index in [-0.39, 0.29) is 23.5 Å². The summed E-state index contributed by atoms with van der Waals surface area (Å²) in [5.41, 5.74) is 3.50. The summed E-state index contributed by atoms with van der Waals surface area (Å²) < 4.78 is 7.81. The van der Waals surface area contributed by atoms with Gasteiger partial charge in [0, 0.05) is 36.7 Å². The number of thioether (sulfide) groups is 1. The van der Waals surface area contributed by atoms with Gasteiger partial charge in [0.2, 0.25) is 5.91 Å². The maximum Gasteiger partial charge on any atom is 0.233 e. The number of carbonyl (C=O) groups is 1. The quantitative estimate of drug-likeness (QED) is 0.721. The molecule has 2 aromatic rings. The second-order valence-corrected chi connectivity index (χ2v) is 9.50. The van der Waals surface area contributed by atoms with Gasteiger partial charge in [-0.25, -0.2) is 0 Å². The summed E-state index contributed by atoms with van der Waals surface area (Å²) in [5, 5.41) is 9.01. The van der Waals surface area contributed by atoms with Crippen molar-refractivity contribution in [3.8, 4) is 5.69 Å². The molecule has 0 N–H and O–H groups in total. The number of ether oxygens (including phenoxy) is 1. The van der Waals surface area contributed by atoms with Gasteiger partial charge in [-0.05, 0) is 43.5 Å². The molecule has 2 aliphatic rings. The van der Waals surface area contributed by atoms with Gasteiger partial charge in [0.05, 0.1) is 11.9 Å². The SMILES string of the molecule is Cc1ccc(-n2cnnc2SCC(=O)N(C)[C@@H]2[C@@H]3CCO[C@H]3C2(C)C)cc1C. The lowest BCUT2D eigenvalue weighted by Crippen LogP contribution is -2.67. The van der Waals surface area contributed by atoms with Crippen LogP contribution < -0.4 is 0 Å². The van der Waals surface area contributed by atoms with E-state index in [0.717, 1.165) is 23.9 Å². The second-order valence-electron chi connectivity index (χ2n) is 8.56. The fourth-order valence-corrected chi connectivity index (χ4v) is 5.70. The van der Waals surface area contributed by atoms with Crippen molar-refractivity contribution in [3.05, 3.63) is 35.7 Å². The number of hydrogen-bond acceptors (Lipinski definition) is 5. The Morgan fingerprint density at radius 2 is 2.14 bits per heavy atom. The van der Waals surface area contributed by atoms with Crippen molar-refractivity contribution in [2.45, 2.75) is 51.4 Å². The van der Waals surface area contributed by atoms with Crippen molar-refractivity contribution in [1.29, 1.82) is 0 Å². The predicted molar refractivity (Wildman–Crippen MR) is 110 cm³/mol. The zero-order valence-corrected chi connectivity index (χ0v) is 18.0. The third-order valence-corrected chi connectivity index (χ3v) is 7.39. The van der Waals surface area contributed by atoms with E-state index in [0.29, 0.717) is 11.7 Å². The van der Waals surface area contributed by atoms with Gasteiger partial charge in [-0.15, -0.1) is 10.2 Å². The molecule has 1 aromatic heterocycles. The first-order valence-corrected chi connectivity index (χ1v) is 10.8. The molecule has 1 aliphatic carbocycles. The van der Waals surface area contributed by atoms with Crippen LogP contribution in [0.15, 0.2) is 29.7 Å². The molecule has 4 rings (SSSR count). The van der Waals surface area contributed by atoms with Crippen LogP contribution in [0.3, 0.4) is 0 Å². The Hall–Kier alpha value is -1.86. The zero-order chi connectivity index (χ0) is 20.1. The standard InChI is InChI=1S/C21H28N4O2S/c1-13-6-7-15(10-14(13)2)25-12-22-23-20(25)28-11-17(26)24(5)18-16-8-9-27-19(16)21(18,3)4/h6-7,10,12,16,18-19H,8-9,11H2,1-5H3/t16-,18+,19+/m0/s1. The number of fused-ring (bicyclic) bond motifs is 1. The van der Waals surface area contributed by atoms with E-state index in [4.69, 9.17) is 4.74 Å². The lowest BCUT2D eigenvalue weighted by molar-refractivity contribution is -0.165. The van der Waals surface area contributed by atoms with Gasteiger partial charge in [-0.3, -0.25) is 9.36 Å². The first-order valence-electron chi connectivity index (χ1n) is 9.78. The molecule has 0 spiro atoms. The van der Waals surface area contributed by atoms with Crippen LogP contribution in [0.5, 0.6) is 0 Å². The molecule has 0 unspecified atom stereocenters. The number of rotatable bonds is 5. The molecule has 1 aromatic carbocycles. The van der Waals surface area contributed by atoms with Gasteiger partial charge in [-0.2, -0.15) is 0 Å². The lowest BCUT2D eigenvalue weighted by Gasteiger charge is -2.57. The Bertz CT molecular complexity index is 894. The largest absolute Gasteiger partial charge is 0.377 e. The number of nitrogens with zero attached hydrogens (tertiary/aromatic N) is 4. The molecule has 7 heteroatoms. The highest BCUT2D eigenvalue weighted by atomic mass is 32.2. The van der Waals surface area contributed by atoms with Gasteiger partial charge in [0.15, 0.2) is 5.16 Å². The van der Waals surface area contributed by atoms with Crippen LogP contribution in [0.25, 0.3) is 5.69 Å². The molecule has 150 valence electrons. The van der Waals surface area contributed by atoms with Gasteiger partial charge >= 0.3 is 0 Å². The summed E-state index contributed by atoms with van der Waals surface area (Å²) in [5.74, 6) is 0.946. The van der Waals surface area contributed by atoms with Gasteiger partial charge in [-0.1, -0.05) is 31.7 Å². The Kier molecular flexibility index (Phi) is 5.00. The normalized spacial score (nSPS) is 25.2. The summed E-state index contributed by atoms with van der Waals surface area (Å²) in [4.78, 5) is 14.8. The van der Waals surface area contributed by atoms with Crippen molar-refractivity contribution >= 4 is 17.7 Å². The van der Waals surface area contributed by atoms with Crippen molar-refractivity contribution in [2.24, 2.45) is 11.3 Å². The maximum absolute atomic E-state index is 12.9. The van der Waals surface area contributed by atoms with E-state index in [1.54, 1.807) is 6.33 Å². The predicted octanol–water partition coefficient (Wildman–Crippen LogP) is 3.25. The van der Waals surface area contributed by atoms with Crippen molar-refractivity contribution in [3.63, 3.8) is 0 Å². The average molecular weight is 401 g/mol. The average Bonchev–Trinajstić information content (AvgIpc) is 3.30. The van der Waals surface area contributed by atoms with Gasteiger partial charge < -0.3 is 9.64 Å². The van der Waals surface area contributed by atoms with Crippen molar-refractivity contribution < 1.29 is 9.53 Å². The summed E-state index contributed by atoms with van der Waals surface area (Å²) in [7, 11) is 1.93. The molecule has 2 heterocycles.